The molecule has 0 aromatic carbocycles. The van der Waals surface area contributed by atoms with Gasteiger partial charge >= 0.3 is 0 Å². The van der Waals surface area contributed by atoms with Crippen molar-refractivity contribution in [3.63, 3.8) is 0 Å². The van der Waals surface area contributed by atoms with Crippen LogP contribution in [-0.4, -0.2) is 35.5 Å². The predicted octanol–water partition coefficient (Wildman–Crippen LogP) is -0.660. The molecule has 1 aliphatic heterocycles. The second kappa shape index (κ2) is 4.71. The Kier molecular flexibility index (Phi) is 3.32. The third-order valence-electron chi connectivity index (χ3n) is 2.53. The van der Waals surface area contributed by atoms with E-state index in [-0.39, 0.29) is 12.1 Å². The second-order valence-corrected chi connectivity index (χ2v) is 3.52. The van der Waals surface area contributed by atoms with Gasteiger partial charge < -0.3 is 14.0 Å². The van der Waals surface area contributed by atoms with Gasteiger partial charge in [-0.25, -0.2) is 10.4 Å². The van der Waals surface area contributed by atoms with Gasteiger partial charge in [-0.1, -0.05) is 0 Å². The lowest BCUT2D eigenvalue weighted by Crippen LogP contribution is -2.44. The number of imidazole rings is 1. The highest BCUT2D eigenvalue weighted by atomic mass is 16.6. The third kappa shape index (κ3) is 2.18. The van der Waals surface area contributed by atoms with Crippen molar-refractivity contribution in [2.45, 2.75) is 12.1 Å². The average molecular weight is 212 g/mol. The Morgan fingerprint density at radius 2 is 2.53 bits per heavy atom. The van der Waals surface area contributed by atoms with E-state index in [4.69, 9.17) is 15.3 Å². The fraction of sp³-hybridized carbons (Fsp3) is 0.667. The first kappa shape index (κ1) is 10.6. The highest BCUT2D eigenvalue weighted by Crippen LogP contribution is 2.18. The summed E-state index contributed by atoms with van der Waals surface area (Å²) >= 11 is 0. The smallest absolute Gasteiger partial charge is 0.129 e. The molecule has 6 nitrogen and oxygen atoms in total. The molecule has 1 aromatic rings. The van der Waals surface area contributed by atoms with E-state index in [1.807, 2.05) is 17.8 Å². The maximum Gasteiger partial charge on any atom is 0.129 e. The van der Waals surface area contributed by atoms with Crippen molar-refractivity contribution in [3.05, 3.63) is 18.2 Å². The molecule has 3 N–H and O–H groups in total. The van der Waals surface area contributed by atoms with Crippen molar-refractivity contribution in [2.75, 3.05) is 19.8 Å². The number of rotatable bonds is 3. The summed E-state index contributed by atoms with van der Waals surface area (Å²) in [5, 5.41) is 0. The Balaban J connectivity index is 2.12. The molecule has 6 heteroatoms. The van der Waals surface area contributed by atoms with Gasteiger partial charge in [0.15, 0.2) is 0 Å². The minimum atomic E-state index is -0.134. The van der Waals surface area contributed by atoms with Crippen LogP contribution in [0, 0.1) is 0 Å². The van der Waals surface area contributed by atoms with Gasteiger partial charge in [-0.3, -0.25) is 5.84 Å². The molecule has 2 atom stereocenters. The molecule has 2 unspecified atom stereocenters. The van der Waals surface area contributed by atoms with Crippen LogP contribution in [0.1, 0.15) is 11.9 Å². The first-order chi connectivity index (χ1) is 7.33. The van der Waals surface area contributed by atoms with Crippen LogP contribution in [0.2, 0.25) is 0 Å². The summed E-state index contributed by atoms with van der Waals surface area (Å²) in [6.07, 6.45) is 3.54. The molecule has 84 valence electrons. The van der Waals surface area contributed by atoms with E-state index in [1.165, 1.54) is 0 Å². The van der Waals surface area contributed by atoms with Crippen LogP contribution >= 0.6 is 0 Å². The SMILES string of the molecule is Cn1ccnc1C(NN)C1COCCO1. The molecule has 0 bridgehead atoms. The molecule has 0 saturated carbocycles. The number of aryl methyl sites for hydroxylation is 1. The van der Waals surface area contributed by atoms with Crippen LogP contribution in [0.25, 0.3) is 0 Å². The van der Waals surface area contributed by atoms with Crippen molar-refractivity contribution in [1.29, 1.82) is 0 Å². The zero-order valence-electron chi connectivity index (χ0n) is 8.72. The van der Waals surface area contributed by atoms with Crippen LogP contribution in [-0.2, 0) is 16.5 Å². The van der Waals surface area contributed by atoms with Gasteiger partial charge in [0.2, 0.25) is 0 Å². The van der Waals surface area contributed by atoms with Gasteiger partial charge in [0.25, 0.3) is 0 Å². The van der Waals surface area contributed by atoms with Crippen molar-refractivity contribution < 1.29 is 9.47 Å². The maximum absolute atomic E-state index is 5.59. The fourth-order valence-corrected chi connectivity index (χ4v) is 1.72. The van der Waals surface area contributed by atoms with Crippen molar-refractivity contribution in [1.82, 2.24) is 15.0 Å². The topological polar surface area (TPSA) is 74.3 Å². The predicted molar refractivity (Wildman–Crippen MR) is 53.8 cm³/mol. The summed E-state index contributed by atoms with van der Waals surface area (Å²) in [4.78, 5) is 4.25. The number of aromatic nitrogens is 2. The van der Waals surface area contributed by atoms with Crippen LogP contribution < -0.4 is 11.3 Å². The monoisotopic (exact) mass is 212 g/mol. The van der Waals surface area contributed by atoms with Crippen molar-refractivity contribution in [3.8, 4) is 0 Å². The van der Waals surface area contributed by atoms with E-state index in [9.17, 15) is 0 Å². The van der Waals surface area contributed by atoms with Gasteiger partial charge in [0.1, 0.15) is 18.0 Å². The normalized spacial score (nSPS) is 24.0. The molecule has 1 fully saturated rings. The minimum absolute atomic E-state index is 0.0788. The Morgan fingerprint density at radius 3 is 3.07 bits per heavy atom. The molecule has 0 radical (unpaired) electrons. The number of nitrogens with zero attached hydrogens (tertiary/aromatic N) is 2. The van der Waals surface area contributed by atoms with Gasteiger partial charge in [-0.05, 0) is 0 Å². The van der Waals surface area contributed by atoms with Gasteiger partial charge in [-0.2, -0.15) is 0 Å². The number of hydrazine groups is 1. The zero-order chi connectivity index (χ0) is 10.7. The quantitative estimate of drug-likeness (QED) is 0.514. The number of nitrogens with two attached hydrogens (primary N) is 1. The first-order valence-electron chi connectivity index (χ1n) is 4.95. The van der Waals surface area contributed by atoms with Crippen LogP contribution in [0.4, 0.5) is 0 Å². The van der Waals surface area contributed by atoms with E-state index < -0.39 is 0 Å². The standard InChI is InChI=1S/C9H16N4O2/c1-13-3-2-11-9(13)8(12-10)7-6-14-4-5-15-7/h2-3,7-8,12H,4-6,10H2,1H3. The summed E-state index contributed by atoms with van der Waals surface area (Å²) in [5.41, 5.74) is 2.73. The lowest BCUT2D eigenvalue weighted by molar-refractivity contribution is -0.103. The molecule has 2 heterocycles. The second-order valence-electron chi connectivity index (χ2n) is 3.52. The number of nitrogens with one attached hydrogen (secondary N) is 1. The molecular weight excluding hydrogens is 196 g/mol. The van der Waals surface area contributed by atoms with Gasteiger partial charge in [0.05, 0.1) is 19.8 Å². The molecule has 2 rings (SSSR count). The molecule has 0 spiro atoms. The third-order valence-corrected chi connectivity index (χ3v) is 2.53. The van der Waals surface area contributed by atoms with Crippen molar-refractivity contribution in [2.24, 2.45) is 12.9 Å². The summed E-state index contributed by atoms with van der Waals surface area (Å²) in [6.45, 7) is 1.79. The molecule has 0 aliphatic carbocycles. The molecular formula is C9H16N4O2. The Hall–Kier alpha value is -0.950. The Labute approximate surface area is 88.3 Å². The highest BCUT2D eigenvalue weighted by Gasteiger charge is 2.28. The largest absolute Gasteiger partial charge is 0.376 e. The molecule has 15 heavy (non-hydrogen) atoms. The van der Waals surface area contributed by atoms with E-state index in [0.29, 0.717) is 19.8 Å². The summed E-state index contributed by atoms with van der Waals surface area (Å²) in [7, 11) is 1.93. The Morgan fingerprint density at radius 1 is 1.67 bits per heavy atom. The minimum Gasteiger partial charge on any atom is -0.376 e. The van der Waals surface area contributed by atoms with Gasteiger partial charge in [-0.15, -0.1) is 0 Å². The van der Waals surface area contributed by atoms with E-state index in [1.54, 1.807) is 6.20 Å². The highest BCUT2D eigenvalue weighted by molar-refractivity contribution is 5.01. The zero-order valence-corrected chi connectivity index (χ0v) is 8.72. The number of hydrogen-bond donors (Lipinski definition) is 2. The molecule has 1 saturated heterocycles. The van der Waals surface area contributed by atoms with Crippen LogP contribution in [0.5, 0.6) is 0 Å². The van der Waals surface area contributed by atoms with E-state index in [0.717, 1.165) is 5.82 Å². The van der Waals surface area contributed by atoms with E-state index in [2.05, 4.69) is 10.4 Å². The number of hydrogen-bond acceptors (Lipinski definition) is 5. The summed E-state index contributed by atoms with van der Waals surface area (Å²) in [6, 6.07) is -0.134. The average Bonchev–Trinajstić information content (AvgIpc) is 2.68. The Bertz CT molecular complexity index is 309. The van der Waals surface area contributed by atoms with Gasteiger partial charge in [0, 0.05) is 19.4 Å². The molecule has 0 amide bonds. The molecule has 1 aromatic heterocycles. The summed E-state index contributed by atoms with van der Waals surface area (Å²) < 4.78 is 12.9. The van der Waals surface area contributed by atoms with Crippen LogP contribution in [0.3, 0.4) is 0 Å². The first-order valence-corrected chi connectivity index (χ1v) is 4.95. The van der Waals surface area contributed by atoms with Crippen LogP contribution in [0.15, 0.2) is 12.4 Å². The van der Waals surface area contributed by atoms with E-state index >= 15 is 0 Å². The van der Waals surface area contributed by atoms with Crippen molar-refractivity contribution >= 4 is 0 Å². The lowest BCUT2D eigenvalue weighted by Gasteiger charge is -2.29. The number of ether oxygens (including phenoxy) is 2. The maximum atomic E-state index is 5.59. The lowest BCUT2D eigenvalue weighted by atomic mass is 10.1. The molecule has 1 aliphatic rings. The fourth-order valence-electron chi connectivity index (χ4n) is 1.72. The summed E-state index contributed by atoms with van der Waals surface area (Å²) in [5.74, 6) is 6.38.